The predicted molar refractivity (Wildman–Crippen MR) is 98.0 cm³/mol. The van der Waals surface area contributed by atoms with E-state index in [1.165, 1.54) is 37.3 Å². The lowest BCUT2D eigenvalue weighted by molar-refractivity contribution is -0.385. The Balaban J connectivity index is 1.76. The van der Waals surface area contributed by atoms with Gasteiger partial charge in [0, 0.05) is 18.2 Å². The van der Waals surface area contributed by atoms with Crippen LogP contribution in [0.3, 0.4) is 0 Å². The Morgan fingerprint density at radius 3 is 2.48 bits per heavy atom. The van der Waals surface area contributed by atoms with Crippen molar-refractivity contribution in [3.63, 3.8) is 0 Å². The molecule has 3 rings (SSSR count). The maximum Gasteiger partial charge on any atom is 0.573 e. The van der Waals surface area contributed by atoms with Crippen LogP contribution in [0.4, 0.5) is 18.9 Å². The van der Waals surface area contributed by atoms with Crippen LogP contribution in [-0.4, -0.2) is 39.9 Å². The fourth-order valence-electron chi connectivity index (χ4n) is 3.11. The zero-order chi connectivity index (χ0) is 22.9. The number of nitrogens with one attached hydrogen (secondary N) is 1. The molecule has 0 spiro atoms. The van der Waals surface area contributed by atoms with E-state index in [1.807, 2.05) is 0 Å². The molecule has 0 bridgehead atoms. The van der Waals surface area contributed by atoms with E-state index in [1.54, 1.807) is 0 Å². The summed E-state index contributed by atoms with van der Waals surface area (Å²) in [7, 11) is 0. The highest BCUT2D eigenvalue weighted by Crippen LogP contribution is 2.32. The van der Waals surface area contributed by atoms with Gasteiger partial charge in [-0.15, -0.1) is 13.2 Å². The average Bonchev–Trinajstić information content (AvgIpc) is 2.95. The van der Waals surface area contributed by atoms with Crippen molar-refractivity contribution in [3.05, 3.63) is 69.3 Å². The summed E-state index contributed by atoms with van der Waals surface area (Å²) in [6, 6.07) is 7.31. The number of hydrogen-bond donors (Lipinski definition) is 1. The van der Waals surface area contributed by atoms with Gasteiger partial charge in [-0.3, -0.25) is 29.4 Å². The summed E-state index contributed by atoms with van der Waals surface area (Å²) in [5.74, 6) is -3.25. The van der Waals surface area contributed by atoms with Gasteiger partial charge in [-0.25, -0.2) is 0 Å². The number of carbonyl (C=O) groups excluding carboxylic acids is 3. The highest BCUT2D eigenvalue weighted by Gasteiger charge is 2.44. The first-order valence-electron chi connectivity index (χ1n) is 8.78. The number of rotatable bonds is 6. The lowest BCUT2D eigenvalue weighted by atomic mass is 10.1. The van der Waals surface area contributed by atoms with Crippen LogP contribution in [0.15, 0.2) is 42.5 Å². The number of halogens is 3. The van der Waals surface area contributed by atoms with Crippen molar-refractivity contribution in [1.82, 2.24) is 10.2 Å². The van der Waals surface area contributed by atoms with Gasteiger partial charge in [0.2, 0.25) is 5.91 Å². The standard InChI is InChI=1S/C19H14F3N3O6/c1-10(16(26)23-9-11-5-2-3-8-14(11)31-19(20,21)22)24-17(27)12-6-4-7-13(25(29)30)15(12)18(24)28/h2-8,10H,9H2,1H3,(H,23,26)/t10-/m0/s1. The lowest BCUT2D eigenvalue weighted by Gasteiger charge is -2.22. The SMILES string of the molecule is C[C@@H](C(=O)NCc1ccccc1OC(F)(F)F)N1C(=O)c2cccc([N+](=O)[O-])c2C1=O. The van der Waals surface area contributed by atoms with E-state index in [4.69, 9.17) is 0 Å². The van der Waals surface area contributed by atoms with Crippen LogP contribution < -0.4 is 10.1 Å². The Bertz CT molecular complexity index is 1090. The highest BCUT2D eigenvalue weighted by molar-refractivity contribution is 6.24. The largest absolute Gasteiger partial charge is 0.573 e. The molecule has 31 heavy (non-hydrogen) atoms. The average molecular weight is 437 g/mol. The third-order valence-corrected chi connectivity index (χ3v) is 4.54. The molecule has 1 aliphatic heterocycles. The van der Waals surface area contributed by atoms with E-state index in [0.29, 0.717) is 4.90 Å². The lowest BCUT2D eigenvalue weighted by Crippen LogP contribution is -2.47. The Kier molecular flexibility index (Phi) is 5.64. The first-order valence-corrected chi connectivity index (χ1v) is 8.78. The van der Waals surface area contributed by atoms with Crippen LogP contribution in [-0.2, 0) is 11.3 Å². The number of para-hydroxylation sites is 1. The summed E-state index contributed by atoms with van der Waals surface area (Å²) in [4.78, 5) is 48.6. The molecule has 0 saturated carbocycles. The quantitative estimate of drug-likeness (QED) is 0.422. The summed E-state index contributed by atoms with van der Waals surface area (Å²) in [6.45, 7) is 0.847. The molecule has 2 aromatic carbocycles. The van der Waals surface area contributed by atoms with Crippen molar-refractivity contribution in [1.29, 1.82) is 0 Å². The van der Waals surface area contributed by atoms with E-state index >= 15 is 0 Å². The second-order valence-corrected chi connectivity index (χ2v) is 6.49. The van der Waals surface area contributed by atoms with Gasteiger partial charge < -0.3 is 10.1 Å². The van der Waals surface area contributed by atoms with Gasteiger partial charge in [-0.2, -0.15) is 0 Å². The molecule has 1 heterocycles. The van der Waals surface area contributed by atoms with Crippen LogP contribution in [0.2, 0.25) is 0 Å². The molecule has 12 heteroatoms. The van der Waals surface area contributed by atoms with Crippen molar-refractivity contribution in [2.75, 3.05) is 0 Å². The van der Waals surface area contributed by atoms with Gasteiger partial charge in [0.25, 0.3) is 17.5 Å². The van der Waals surface area contributed by atoms with Crippen molar-refractivity contribution >= 4 is 23.4 Å². The third-order valence-electron chi connectivity index (χ3n) is 4.54. The normalized spacial score (nSPS) is 14.3. The molecule has 0 radical (unpaired) electrons. The number of ether oxygens (including phenoxy) is 1. The van der Waals surface area contributed by atoms with Crippen LogP contribution in [0, 0.1) is 10.1 Å². The Hall–Kier alpha value is -3.96. The molecule has 0 unspecified atom stereocenters. The Labute approximate surface area is 172 Å². The minimum atomic E-state index is -4.93. The Morgan fingerprint density at radius 2 is 1.84 bits per heavy atom. The zero-order valence-corrected chi connectivity index (χ0v) is 15.8. The summed E-state index contributed by atoms with van der Waals surface area (Å²) < 4.78 is 41.5. The third kappa shape index (κ3) is 4.32. The number of carbonyl (C=O) groups is 3. The van der Waals surface area contributed by atoms with E-state index < -0.39 is 52.0 Å². The minimum Gasteiger partial charge on any atom is -0.405 e. The molecule has 162 valence electrons. The molecule has 0 aromatic heterocycles. The molecule has 1 aliphatic rings. The number of nitro benzene ring substituents is 1. The number of nitrogens with zero attached hydrogens (tertiary/aromatic N) is 2. The van der Waals surface area contributed by atoms with Gasteiger partial charge in [-0.05, 0) is 19.1 Å². The number of amides is 3. The van der Waals surface area contributed by atoms with E-state index in [-0.39, 0.29) is 17.7 Å². The molecule has 0 saturated heterocycles. The van der Waals surface area contributed by atoms with Crippen LogP contribution in [0.25, 0.3) is 0 Å². The first-order chi connectivity index (χ1) is 14.5. The van der Waals surface area contributed by atoms with Crippen LogP contribution in [0.1, 0.15) is 33.2 Å². The molecular weight excluding hydrogens is 423 g/mol. The van der Waals surface area contributed by atoms with Gasteiger partial charge >= 0.3 is 6.36 Å². The van der Waals surface area contributed by atoms with Gasteiger partial charge in [-0.1, -0.05) is 24.3 Å². The molecule has 1 atom stereocenters. The molecule has 1 N–H and O–H groups in total. The second kappa shape index (κ2) is 8.05. The van der Waals surface area contributed by atoms with E-state index in [0.717, 1.165) is 12.1 Å². The van der Waals surface area contributed by atoms with Gasteiger partial charge in [0.15, 0.2) is 0 Å². The number of imide groups is 1. The Morgan fingerprint density at radius 1 is 1.16 bits per heavy atom. The monoisotopic (exact) mass is 437 g/mol. The molecule has 3 amide bonds. The van der Waals surface area contributed by atoms with Crippen molar-refractivity contribution in [2.45, 2.75) is 25.9 Å². The van der Waals surface area contributed by atoms with Crippen molar-refractivity contribution in [3.8, 4) is 5.75 Å². The van der Waals surface area contributed by atoms with Gasteiger partial charge in [0.05, 0.1) is 10.5 Å². The summed E-state index contributed by atoms with van der Waals surface area (Å²) >= 11 is 0. The van der Waals surface area contributed by atoms with Crippen LogP contribution in [0.5, 0.6) is 5.75 Å². The van der Waals surface area contributed by atoms with Gasteiger partial charge in [0.1, 0.15) is 17.4 Å². The predicted octanol–water partition coefficient (Wildman–Crippen LogP) is 2.79. The molecule has 0 fully saturated rings. The highest BCUT2D eigenvalue weighted by atomic mass is 19.4. The number of fused-ring (bicyclic) bond motifs is 1. The van der Waals surface area contributed by atoms with Crippen molar-refractivity contribution in [2.24, 2.45) is 0 Å². The summed E-state index contributed by atoms with van der Waals surface area (Å²) in [6.07, 6.45) is -4.93. The van der Waals surface area contributed by atoms with E-state index in [9.17, 15) is 37.7 Å². The number of alkyl halides is 3. The molecule has 2 aromatic rings. The minimum absolute atomic E-state index is 0.0124. The smallest absolute Gasteiger partial charge is 0.405 e. The molecular formula is C19H14F3N3O6. The fourth-order valence-corrected chi connectivity index (χ4v) is 3.11. The fraction of sp³-hybridized carbons (Fsp3) is 0.211. The maximum absolute atomic E-state index is 12.6. The molecule has 0 aliphatic carbocycles. The summed E-state index contributed by atoms with van der Waals surface area (Å²) in [5, 5.41) is 13.5. The zero-order valence-electron chi connectivity index (χ0n) is 15.8. The number of benzene rings is 2. The second-order valence-electron chi connectivity index (χ2n) is 6.49. The topological polar surface area (TPSA) is 119 Å². The number of nitro groups is 1. The first kappa shape index (κ1) is 21.7. The van der Waals surface area contributed by atoms with Crippen molar-refractivity contribution < 1.29 is 37.2 Å². The summed E-state index contributed by atoms with van der Waals surface area (Å²) in [5.41, 5.74) is -1.17. The maximum atomic E-state index is 12.6. The molecule has 9 nitrogen and oxygen atoms in total. The van der Waals surface area contributed by atoms with E-state index in [2.05, 4.69) is 10.1 Å². The van der Waals surface area contributed by atoms with Crippen LogP contribution >= 0.6 is 0 Å². The number of hydrogen-bond acceptors (Lipinski definition) is 6.